The second-order valence-corrected chi connectivity index (χ2v) is 6.34. The fraction of sp³-hybridized carbons (Fsp3) is 0.688. The van der Waals surface area contributed by atoms with Crippen LogP contribution in [0.3, 0.4) is 0 Å². The van der Waals surface area contributed by atoms with Crippen molar-refractivity contribution in [2.75, 3.05) is 20.1 Å². The van der Waals surface area contributed by atoms with E-state index in [2.05, 4.69) is 49.1 Å². The number of hydrogen-bond acceptors (Lipinski definition) is 3. The van der Waals surface area contributed by atoms with Gasteiger partial charge in [-0.15, -0.1) is 0 Å². The fourth-order valence-electron chi connectivity index (χ4n) is 2.03. The van der Waals surface area contributed by atoms with Gasteiger partial charge in [0.25, 0.3) is 0 Å². The molecule has 0 unspecified atom stereocenters. The topological polar surface area (TPSA) is 28.2 Å². The summed E-state index contributed by atoms with van der Waals surface area (Å²) in [7, 11) is 2.18. The number of pyridine rings is 1. The maximum Gasteiger partial charge on any atom is 0.0312 e. The maximum atomic E-state index is 4.15. The van der Waals surface area contributed by atoms with Gasteiger partial charge in [0.05, 0.1) is 0 Å². The minimum absolute atomic E-state index is 0.247. The molecular formula is C16H29N3. The van der Waals surface area contributed by atoms with Crippen LogP contribution in [0.1, 0.15) is 45.6 Å². The number of nitrogens with one attached hydrogen (secondary N) is 1. The van der Waals surface area contributed by atoms with Crippen LogP contribution < -0.4 is 5.32 Å². The van der Waals surface area contributed by atoms with Crippen LogP contribution in [0.15, 0.2) is 24.5 Å². The van der Waals surface area contributed by atoms with Crippen LogP contribution in [0.5, 0.6) is 0 Å². The van der Waals surface area contributed by atoms with E-state index in [1.807, 2.05) is 18.5 Å². The predicted octanol–water partition coefficient (Wildman–Crippen LogP) is 3.07. The van der Waals surface area contributed by atoms with Crippen molar-refractivity contribution in [2.45, 2.75) is 52.1 Å². The molecule has 0 aliphatic carbocycles. The third-order valence-corrected chi connectivity index (χ3v) is 3.05. The molecular weight excluding hydrogens is 234 g/mol. The minimum atomic E-state index is 0.247. The summed E-state index contributed by atoms with van der Waals surface area (Å²) in [4.78, 5) is 6.52. The zero-order chi connectivity index (χ0) is 14.1. The van der Waals surface area contributed by atoms with Gasteiger partial charge in [-0.05, 0) is 65.4 Å². The van der Waals surface area contributed by atoms with E-state index < -0.39 is 0 Å². The molecule has 0 saturated heterocycles. The average Bonchev–Trinajstić information content (AvgIpc) is 2.33. The van der Waals surface area contributed by atoms with Gasteiger partial charge in [0.1, 0.15) is 0 Å². The molecule has 0 bridgehead atoms. The van der Waals surface area contributed by atoms with Gasteiger partial charge in [0, 0.05) is 24.5 Å². The van der Waals surface area contributed by atoms with Crippen LogP contribution in [0.25, 0.3) is 0 Å². The number of hydrogen-bond donors (Lipinski definition) is 1. The van der Waals surface area contributed by atoms with Crippen molar-refractivity contribution in [3.63, 3.8) is 0 Å². The van der Waals surface area contributed by atoms with Gasteiger partial charge in [-0.1, -0.05) is 12.5 Å². The van der Waals surface area contributed by atoms with Gasteiger partial charge >= 0.3 is 0 Å². The Kier molecular flexibility index (Phi) is 7.03. The molecule has 19 heavy (non-hydrogen) atoms. The van der Waals surface area contributed by atoms with E-state index in [0.717, 1.165) is 19.6 Å². The summed E-state index contributed by atoms with van der Waals surface area (Å²) in [6.07, 6.45) is 7.59. The Balaban J connectivity index is 2.03. The summed E-state index contributed by atoms with van der Waals surface area (Å²) in [5, 5.41) is 3.53. The SMILES string of the molecule is CN(CCCCCNC(C)(C)C)Cc1cccnc1. The van der Waals surface area contributed by atoms with E-state index in [1.165, 1.54) is 24.8 Å². The molecule has 0 spiro atoms. The molecule has 3 nitrogen and oxygen atoms in total. The second-order valence-electron chi connectivity index (χ2n) is 6.34. The molecule has 1 aromatic rings. The highest BCUT2D eigenvalue weighted by Crippen LogP contribution is 2.04. The van der Waals surface area contributed by atoms with Gasteiger partial charge in [-0.25, -0.2) is 0 Å². The summed E-state index contributed by atoms with van der Waals surface area (Å²) >= 11 is 0. The Labute approximate surface area is 118 Å². The number of aromatic nitrogens is 1. The summed E-state index contributed by atoms with van der Waals surface area (Å²) in [5.74, 6) is 0. The summed E-state index contributed by atoms with van der Waals surface area (Å²) in [6.45, 7) is 9.92. The van der Waals surface area contributed by atoms with Crippen molar-refractivity contribution < 1.29 is 0 Å². The smallest absolute Gasteiger partial charge is 0.0312 e. The molecule has 108 valence electrons. The molecule has 1 aromatic heterocycles. The molecule has 0 fully saturated rings. The molecule has 3 heteroatoms. The molecule has 1 N–H and O–H groups in total. The van der Waals surface area contributed by atoms with Crippen LogP contribution >= 0.6 is 0 Å². The van der Waals surface area contributed by atoms with Crippen LogP contribution in [0.2, 0.25) is 0 Å². The lowest BCUT2D eigenvalue weighted by Crippen LogP contribution is -2.36. The Morgan fingerprint density at radius 3 is 2.63 bits per heavy atom. The third-order valence-electron chi connectivity index (χ3n) is 3.05. The molecule has 0 amide bonds. The Morgan fingerprint density at radius 1 is 1.21 bits per heavy atom. The van der Waals surface area contributed by atoms with Gasteiger partial charge in [0.2, 0.25) is 0 Å². The van der Waals surface area contributed by atoms with Gasteiger partial charge in [0.15, 0.2) is 0 Å². The molecule has 0 aromatic carbocycles. The number of unbranched alkanes of at least 4 members (excludes halogenated alkanes) is 2. The van der Waals surface area contributed by atoms with Crippen molar-refractivity contribution in [1.29, 1.82) is 0 Å². The summed E-state index contributed by atoms with van der Waals surface area (Å²) in [5.41, 5.74) is 1.54. The van der Waals surface area contributed by atoms with Crippen LogP contribution in [0.4, 0.5) is 0 Å². The van der Waals surface area contributed by atoms with E-state index in [-0.39, 0.29) is 5.54 Å². The van der Waals surface area contributed by atoms with Crippen molar-refractivity contribution in [3.8, 4) is 0 Å². The first-order chi connectivity index (χ1) is 8.97. The lowest BCUT2D eigenvalue weighted by molar-refractivity contribution is 0.314. The van der Waals surface area contributed by atoms with E-state index >= 15 is 0 Å². The standard InChI is InChI=1S/C16H29N3/c1-16(2,3)18-11-6-5-7-12-19(4)14-15-9-8-10-17-13-15/h8-10,13,18H,5-7,11-12,14H2,1-4H3. The Hall–Kier alpha value is -0.930. The third kappa shape index (κ3) is 8.73. The first-order valence-corrected chi connectivity index (χ1v) is 7.30. The summed E-state index contributed by atoms with van der Waals surface area (Å²) in [6, 6.07) is 4.14. The predicted molar refractivity (Wildman–Crippen MR) is 82.2 cm³/mol. The number of rotatable bonds is 8. The van der Waals surface area contributed by atoms with Crippen LogP contribution in [-0.2, 0) is 6.54 Å². The monoisotopic (exact) mass is 263 g/mol. The van der Waals surface area contributed by atoms with E-state index in [9.17, 15) is 0 Å². The average molecular weight is 263 g/mol. The highest BCUT2D eigenvalue weighted by molar-refractivity contribution is 5.07. The second kappa shape index (κ2) is 8.28. The first-order valence-electron chi connectivity index (χ1n) is 7.30. The van der Waals surface area contributed by atoms with Gasteiger partial charge < -0.3 is 10.2 Å². The molecule has 0 aliphatic rings. The van der Waals surface area contributed by atoms with Gasteiger partial charge in [-0.3, -0.25) is 4.98 Å². The molecule has 1 heterocycles. The quantitative estimate of drug-likeness (QED) is 0.731. The molecule has 1 rings (SSSR count). The summed E-state index contributed by atoms with van der Waals surface area (Å²) < 4.78 is 0. The fourth-order valence-corrected chi connectivity index (χ4v) is 2.03. The van der Waals surface area contributed by atoms with Crippen LogP contribution in [-0.4, -0.2) is 35.6 Å². The van der Waals surface area contributed by atoms with Crippen LogP contribution in [0, 0.1) is 0 Å². The van der Waals surface area contributed by atoms with Crippen molar-refractivity contribution >= 4 is 0 Å². The molecule has 0 atom stereocenters. The van der Waals surface area contributed by atoms with E-state index in [4.69, 9.17) is 0 Å². The van der Waals surface area contributed by atoms with E-state index in [0.29, 0.717) is 0 Å². The number of nitrogens with zero attached hydrogens (tertiary/aromatic N) is 2. The zero-order valence-corrected chi connectivity index (χ0v) is 12.9. The molecule has 0 aliphatic heterocycles. The first kappa shape index (κ1) is 16.1. The highest BCUT2D eigenvalue weighted by atomic mass is 15.1. The van der Waals surface area contributed by atoms with Crippen molar-refractivity contribution in [3.05, 3.63) is 30.1 Å². The highest BCUT2D eigenvalue weighted by Gasteiger charge is 2.07. The minimum Gasteiger partial charge on any atom is -0.312 e. The lowest BCUT2D eigenvalue weighted by atomic mass is 10.1. The Bertz CT molecular complexity index is 330. The maximum absolute atomic E-state index is 4.15. The largest absolute Gasteiger partial charge is 0.312 e. The zero-order valence-electron chi connectivity index (χ0n) is 12.9. The van der Waals surface area contributed by atoms with E-state index in [1.54, 1.807) is 0 Å². The molecule has 0 radical (unpaired) electrons. The van der Waals surface area contributed by atoms with Crippen molar-refractivity contribution in [1.82, 2.24) is 15.2 Å². The molecule has 0 saturated carbocycles. The van der Waals surface area contributed by atoms with Crippen molar-refractivity contribution in [2.24, 2.45) is 0 Å². The van der Waals surface area contributed by atoms with Gasteiger partial charge in [-0.2, -0.15) is 0 Å². The lowest BCUT2D eigenvalue weighted by Gasteiger charge is -2.20. The normalized spacial score (nSPS) is 12.1. The Morgan fingerprint density at radius 2 is 2.00 bits per heavy atom.